The van der Waals surface area contributed by atoms with Gasteiger partial charge in [-0.1, -0.05) is 0 Å². The predicted octanol–water partition coefficient (Wildman–Crippen LogP) is 2.45. The van der Waals surface area contributed by atoms with E-state index in [1.165, 1.54) is 4.31 Å². The number of piperazine rings is 1. The van der Waals surface area contributed by atoms with Gasteiger partial charge in [0.25, 0.3) is 0 Å². The molecule has 3 aromatic rings. The molecule has 0 bridgehead atoms. The van der Waals surface area contributed by atoms with Gasteiger partial charge in [-0.15, -0.1) is 10.2 Å². The zero-order valence-electron chi connectivity index (χ0n) is 16.7. The molecule has 0 aliphatic carbocycles. The number of rotatable bonds is 6. The lowest BCUT2D eigenvalue weighted by Gasteiger charge is -2.34. The molecule has 1 aliphatic rings. The highest BCUT2D eigenvalue weighted by atomic mass is 32.2. The van der Waals surface area contributed by atoms with Crippen molar-refractivity contribution < 1.29 is 13.2 Å². The molecule has 1 aromatic carbocycles. The molecule has 9 heteroatoms. The third kappa shape index (κ3) is 4.27. The molecule has 2 aromatic heterocycles. The van der Waals surface area contributed by atoms with E-state index < -0.39 is 10.0 Å². The largest absolute Gasteiger partial charge is 0.494 e. The predicted molar refractivity (Wildman–Crippen MR) is 114 cm³/mol. The maximum atomic E-state index is 12.9. The first-order valence-electron chi connectivity index (χ1n) is 9.80. The van der Waals surface area contributed by atoms with Crippen LogP contribution in [0.5, 0.6) is 5.75 Å². The minimum Gasteiger partial charge on any atom is -0.494 e. The Kier molecular flexibility index (Phi) is 5.91. The topological polar surface area (TPSA) is 88.5 Å². The van der Waals surface area contributed by atoms with E-state index in [-0.39, 0.29) is 4.90 Å². The maximum Gasteiger partial charge on any atom is 0.243 e. The van der Waals surface area contributed by atoms with Crippen LogP contribution in [0, 0.1) is 0 Å². The van der Waals surface area contributed by atoms with Crippen LogP contribution in [0.25, 0.3) is 11.3 Å². The summed E-state index contributed by atoms with van der Waals surface area (Å²) in [5, 5.41) is 8.62. The molecular weight excluding hydrogens is 402 g/mol. The summed E-state index contributed by atoms with van der Waals surface area (Å²) in [6.07, 6.45) is 3.43. The van der Waals surface area contributed by atoms with Crippen molar-refractivity contribution in [1.29, 1.82) is 0 Å². The molecular formula is C21H23N5O3S. The number of sulfonamides is 1. The van der Waals surface area contributed by atoms with Gasteiger partial charge < -0.3 is 9.64 Å². The number of ether oxygens (including phenoxy) is 1. The van der Waals surface area contributed by atoms with Crippen molar-refractivity contribution in [3.8, 4) is 17.0 Å². The number of anilines is 1. The summed E-state index contributed by atoms with van der Waals surface area (Å²) in [5.41, 5.74) is 1.73. The summed E-state index contributed by atoms with van der Waals surface area (Å²) in [6.45, 7) is 4.33. The number of benzene rings is 1. The number of hydrogen-bond donors (Lipinski definition) is 0. The van der Waals surface area contributed by atoms with E-state index in [4.69, 9.17) is 4.74 Å². The monoisotopic (exact) mass is 425 g/mol. The van der Waals surface area contributed by atoms with Gasteiger partial charge in [0.15, 0.2) is 5.82 Å². The van der Waals surface area contributed by atoms with Crippen molar-refractivity contribution in [2.45, 2.75) is 11.8 Å². The summed E-state index contributed by atoms with van der Waals surface area (Å²) < 4.78 is 32.8. The fourth-order valence-electron chi connectivity index (χ4n) is 3.35. The standard InChI is InChI=1S/C21H23N5O3S/c1-2-29-18-3-5-19(6-4-18)30(27,28)26-15-13-25(14-16-26)21-8-7-20(23-24-21)17-9-11-22-12-10-17/h3-12H,2,13-16H2,1H3. The van der Waals surface area contributed by atoms with E-state index in [1.54, 1.807) is 36.7 Å². The molecule has 8 nitrogen and oxygen atoms in total. The fourth-order valence-corrected chi connectivity index (χ4v) is 4.77. The zero-order chi connectivity index (χ0) is 21.0. The van der Waals surface area contributed by atoms with E-state index in [2.05, 4.69) is 15.2 Å². The average Bonchev–Trinajstić information content (AvgIpc) is 2.80. The molecule has 0 saturated carbocycles. The van der Waals surface area contributed by atoms with Crippen molar-refractivity contribution in [3.63, 3.8) is 0 Å². The molecule has 1 fully saturated rings. The Morgan fingerprint density at radius 3 is 2.20 bits per heavy atom. The second-order valence-electron chi connectivity index (χ2n) is 6.81. The quantitative estimate of drug-likeness (QED) is 0.599. The molecule has 1 saturated heterocycles. The Morgan fingerprint density at radius 2 is 1.60 bits per heavy atom. The van der Waals surface area contributed by atoms with Gasteiger partial charge in [0.2, 0.25) is 10.0 Å². The van der Waals surface area contributed by atoms with Crippen LogP contribution in [-0.2, 0) is 10.0 Å². The van der Waals surface area contributed by atoms with Gasteiger partial charge in [-0.25, -0.2) is 8.42 Å². The lowest BCUT2D eigenvalue weighted by Crippen LogP contribution is -2.48. The minimum atomic E-state index is -3.53. The molecule has 1 aliphatic heterocycles. The number of hydrogen-bond acceptors (Lipinski definition) is 7. The highest BCUT2D eigenvalue weighted by Crippen LogP contribution is 2.23. The lowest BCUT2D eigenvalue weighted by atomic mass is 10.2. The summed E-state index contributed by atoms with van der Waals surface area (Å²) in [5.74, 6) is 1.40. The van der Waals surface area contributed by atoms with Gasteiger partial charge in [0, 0.05) is 44.1 Å². The van der Waals surface area contributed by atoms with E-state index >= 15 is 0 Å². The highest BCUT2D eigenvalue weighted by molar-refractivity contribution is 7.89. The molecule has 0 spiro atoms. The number of pyridine rings is 1. The summed E-state index contributed by atoms with van der Waals surface area (Å²) in [6, 6.07) is 14.2. The molecule has 0 amide bonds. The van der Waals surface area contributed by atoms with Crippen molar-refractivity contribution in [2.24, 2.45) is 0 Å². The van der Waals surface area contributed by atoms with Crippen molar-refractivity contribution in [1.82, 2.24) is 19.5 Å². The summed E-state index contributed by atoms with van der Waals surface area (Å²) in [7, 11) is -3.53. The molecule has 30 heavy (non-hydrogen) atoms. The minimum absolute atomic E-state index is 0.279. The van der Waals surface area contributed by atoms with Gasteiger partial charge in [-0.05, 0) is 55.5 Å². The maximum absolute atomic E-state index is 12.9. The Labute approximate surface area is 176 Å². The van der Waals surface area contributed by atoms with Crippen LogP contribution >= 0.6 is 0 Å². The number of nitrogens with zero attached hydrogens (tertiary/aromatic N) is 5. The molecule has 3 heterocycles. The van der Waals surface area contributed by atoms with Crippen LogP contribution in [0.2, 0.25) is 0 Å². The average molecular weight is 426 g/mol. The third-order valence-electron chi connectivity index (χ3n) is 4.96. The third-order valence-corrected chi connectivity index (χ3v) is 6.87. The highest BCUT2D eigenvalue weighted by Gasteiger charge is 2.29. The Morgan fingerprint density at radius 1 is 0.900 bits per heavy atom. The normalized spacial score (nSPS) is 15.2. The van der Waals surface area contributed by atoms with Gasteiger partial charge in [0.1, 0.15) is 5.75 Å². The van der Waals surface area contributed by atoms with Crippen LogP contribution in [0.3, 0.4) is 0 Å². The Balaban J connectivity index is 1.40. The summed E-state index contributed by atoms with van der Waals surface area (Å²) >= 11 is 0. The summed E-state index contributed by atoms with van der Waals surface area (Å²) in [4.78, 5) is 6.33. The van der Waals surface area contributed by atoms with Gasteiger partial charge in [0.05, 0.1) is 17.2 Å². The van der Waals surface area contributed by atoms with Crippen LogP contribution in [0.15, 0.2) is 65.8 Å². The van der Waals surface area contributed by atoms with Crippen LogP contribution < -0.4 is 9.64 Å². The molecule has 0 atom stereocenters. The molecule has 0 radical (unpaired) electrons. The van der Waals surface area contributed by atoms with Crippen molar-refractivity contribution in [2.75, 3.05) is 37.7 Å². The molecule has 156 valence electrons. The Hall–Kier alpha value is -3.04. The first-order chi connectivity index (χ1) is 14.6. The second-order valence-corrected chi connectivity index (χ2v) is 8.75. The van der Waals surface area contributed by atoms with E-state index in [1.807, 2.05) is 36.1 Å². The van der Waals surface area contributed by atoms with Gasteiger partial charge in [-0.3, -0.25) is 4.98 Å². The molecule has 0 unspecified atom stereocenters. The molecule has 0 N–H and O–H groups in total. The zero-order valence-corrected chi connectivity index (χ0v) is 17.5. The van der Waals surface area contributed by atoms with Gasteiger partial charge >= 0.3 is 0 Å². The van der Waals surface area contributed by atoms with Crippen molar-refractivity contribution in [3.05, 3.63) is 60.9 Å². The van der Waals surface area contributed by atoms with Crippen LogP contribution in [-0.4, -0.2) is 60.7 Å². The lowest BCUT2D eigenvalue weighted by molar-refractivity contribution is 0.340. The van der Waals surface area contributed by atoms with Crippen LogP contribution in [0.1, 0.15) is 6.92 Å². The Bertz CT molecular complexity index is 1070. The molecule has 4 rings (SSSR count). The number of aromatic nitrogens is 3. The van der Waals surface area contributed by atoms with E-state index in [0.717, 1.165) is 17.1 Å². The first-order valence-corrected chi connectivity index (χ1v) is 11.2. The van der Waals surface area contributed by atoms with E-state index in [0.29, 0.717) is 38.5 Å². The SMILES string of the molecule is CCOc1ccc(S(=O)(=O)N2CCN(c3ccc(-c4ccncc4)nn3)CC2)cc1. The van der Waals surface area contributed by atoms with Crippen molar-refractivity contribution >= 4 is 15.8 Å². The second kappa shape index (κ2) is 8.76. The first kappa shape index (κ1) is 20.2. The smallest absolute Gasteiger partial charge is 0.243 e. The fraction of sp³-hybridized carbons (Fsp3) is 0.286. The van der Waals surface area contributed by atoms with Crippen LogP contribution in [0.4, 0.5) is 5.82 Å². The van der Waals surface area contributed by atoms with Gasteiger partial charge in [-0.2, -0.15) is 4.31 Å². The van der Waals surface area contributed by atoms with E-state index in [9.17, 15) is 8.42 Å².